The van der Waals surface area contributed by atoms with Crippen LogP contribution in [0.5, 0.6) is 0 Å². The number of likely N-dealkylation sites (N-methyl/N-ethyl adjacent to an activating group) is 1. The summed E-state index contributed by atoms with van der Waals surface area (Å²) >= 11 is 0. The van der Waals surface area contributed by atoms with E-state index >= 15 is 0 Å². The Bertz CT molecular complexity index is 1520. The minimum absolute atomic E-state index is 0. The van der Waals surface area contributed by atoms with Gasteiger partial charge >= 0.3 is 6.09 Å². The first-order chi connectivity index (χ1) is 23.5. The van der Waals surface area contributed by atoms with Gasteiger partial charge in [-0.05, 0) is 83.1 Å². The van der Waals surface area contributed by atoms with Gasteiger partial charge in [0, 0.05) is 72.5 Å². The van der Waals surface area contributed by atoms with Gasteiger partial charge in [-0.25, -0.2) is 9.79 Å². The molecule has 0 spiro atoms. The first-order valence-electron chi connectivity index (χ1n) is 15.5. The van der Waals surface area contributed by atoms with Crippen molar-refractivity contribution in [1.29, 1.82) is 0 Å². The number of nitrogens with one attached hydrogen (secondary N) is 1. The molecule has 1 aliphatic rings. The molecule has 268 valence electrons. The van der Waals surface area contributed by atoms with Gasteiger partial charge < -0.3 is 24.1 Å². The van der Waals surface area contributed by atoms with Crippen molar-refractivity contribution >= 4 is 30.5 Å². The van der Waals surface area contributed by atoms with Crippen LogP contribution in [0.25, 0.3) is 5.57 Å². The average Bonchev–Trinajstić information content (AvgIpc) is 3.10. The second-order valence-corrected chi connectivity index (χ2v) is 10.2. The SMILES string of the molecule is C#CC.C#Cc1ccc(CC)cc1C.C=C/C(=C1/N=CC=CN1C)c1cc(C)c(C(=NC)NC(=O)OCCN(C)C)cn1.C=O.CCOC.[HH].[HH]. The molecule has 2 heterocycles. The number of hydrogen-bond donors (Lipinski definition) is 1. The number of aryl methyl sites for hydroxylation is 3. The molecule has 1 N–H and O–H groups in total. The normalized spacial score (nSPS) is 12.1. The fourth-order valence-electron chi connectivity index (χ4n) is 3.77. The molecule has 0 bridgehead atoms. The number of nitrogens with zero attached hydrogens (tertiary/aromatic N) is 5. The number of hydrogen-bond acceptors (Lipinski definition) is 9. The number of amidine groups is 1. The number of amides is 1. The second kappa shape index (κ2) is 27.8. The van der Waals surface area contributed by atoms with Crippen molar-refractivity contribution in [2.75, 3.05) is 55.1 Å². The fourth-order valence-corrected chi connectivity index (χ4v) is 3.77. The maximum absolute atomic E-state index is 12.0. The van der Waals surface area contributed by atoms with Crippen LogP contribution in [0.2, 0.25) is 0 Å². The number of allylic oxidation sites excluding steroid dienone is 3. The molecule has 1 amide bonds. The molecule has 2 aromatic rings. The highest BCUT2D eigenvalue weighted by Gasteiger charge is 2.16. The van der Waals surface area contributed by atoms with Crippen molar-refractivity contribution in [2.45, 2.75) is 41.0 Å². The zero-order chi connectivity index (χ0) is 37.8. The van der Waals surface area contributed by atoms with Gasteiger partial charge in [0.15, 0.2) is 0 Å². The third-order valence-electron chi connectivity index (χ3n) is 6.37. The topological polar surface area (TPSA) is 109 Å². The van der Waals surface area contributed by atoms with Gasteiger partial charge in [-0.15, -0.1) is 18.8 Å². The lowest BCUT2D eigenvalue weighted by atomic mass is 10.0. The van der Waals surface area contributed by atoms with E-state index in [9.17, 15) is 4.79 Å². The summed E-state index contributed by atoms with van der Waals surface area (Å²) in [5.74, 6) is 6.06. The largest absolute Gasteiger partial charge is 0.448 e. The first kappa shape index (κ1) is 45.8. The third-order valence-corrected chi connectivity index (χ3v) is 6.37. The number of terminal acetylenes is 2. The number of carbonyl (C=O) groups excluding carboxylic acids is 2. The molecule has 0 radical (unpaired) electrons. The molecule has 0 fully saturated rings. The monoisotopic (exact) mass is 674 g/mol. The molecular formula is C39H58N6O4. The van der Waals surface area contributed by atoms with Gasteiger partial charge in [0.05, 0.1) is 5.69 Å². The van der Waals surface area contributed by atoms with E-state index in [0.717, 1.165) is 46.8 Å². The van der Waals surface area contributed by atoms with Crippen LogP contribution in [0.15, 0.2) is 71.2 Å². The Hall–Kier alpha value is -5.29. The molecule has 1 aliphatic heterocycles. The quantitative estimate of drug-likeness (QED) is 0.192. The predicted molar refractivity (Wildman–Crippen MR) is 209 cm³/mol. The Kier molecular flexibility index (Phi) is 26.0. The van der Waals surface area contributed by atoms with E-state index in [-0.39, 0.29) is 2.85 Å². The van der Waals surface area contributed by atoms with E-state index in [4.69, 9.17) is 16.0 Å². The Balaban J connectivity index is -0.000000415. The van der Waals surface area contributed by atoms with Crippen LogP contribution in [-0.4, -0.2) is 94.8 Å². The molecule has 3 rings (SSSR count). The number of rotatable bonds is 8. The van der Waals surface area contributed by atoms with Crippen LogP contribution in [0.1, 0.15) is 57.1 Å². The van der Waals surface area contributed by atoms with Crippen molar-refractivity contribution in [2.24, 2.45) is 9.98 Å². The first-order valence-corrected chi connectivity index (χ1v) is 15.5. The van der Waals surface area contributed by atoms with Crippen LogP contribution >= 0.6 is 0 Å². The number of aromatic nitrogens is 1. The standard InChI is InChI=1S/C21H28N6O2.C11H12.C3H8O.C3H4.CH2O.2H2/c1-7-16(20-23-9-8-10-27(20)6)18-13-15(2)17(14-24-18)19(22-3)25-21(28)29-12-11-26(4)5;1-4-10-6-7-11(5-2)9(3)8-10;1-3-4-2;1-3-2;1-2;;/h7-10,13-14H,1,11-12H2,2-6H3,(H,22,25,28);2,6-8H,4H2,1,3H3;3H2,1-2H3;1H,2H3;1H2;2*1H/b20-16+;;;;;;. The highest BCUT2D eigenvalue weighted by atomic mass is 16.5. The summed E-state index contributed by atoms with van der Waals surface area (Å²) < 4.78 is 9.72. The Morgan fingerprint density at radius 3 is 2.27 bits per heavy atom. The summed E-state index contributed by atoms with van der Waals surface area (Å²) in [5, 5.41) is 2.69. The van der Waals surface area contributed by atoms with E-state index < -0.39 is 6.09 Å². The van der Waals surface area contributed by atoms with E-state index in [1.807, 2.05) is 82.9 Å². The average molecular weight is 675 g/mol. The highest BCUT2D eigenvalue weighted by Crippen LogP contribution is 2.24. The number of ether oxygens (including phenoxy) is 2. The number of pyridine rings is 1. The number of benzene rings is 1. The maximum Gasteiger partial charge on any atom is 0.412 e. The second-order valence-electron chi connectivity index (χ2n) is 10.2. The molecule has 0 aliphatic carbocycles. The molecule has 0 saturated carbocycles. The van der Waals surface area contributed by atoms with Crippen molar-refractivity contribution in [1.82, 2.24) is 20.1 Å². The molecule has 1 aromatic heterocycles. The van der Waals surface area contributed by atoms with Crippen LogP contribution in [-0.2, 0) is 20.7 Å². The van der Waals surface area contributed by atoms with Gasteiger partial charge in [-0.1, -0.05) is 37.6 Å². The van der Waals surface area contributed by atoms with E-state index in [2.05, 4.69) is 68.9 Å². The van der Waals surface area contributed by atoms with Gasteiger partial charge in [0.1, 0.15) is 25.1 Å². The van der Waals surface area contributed by atoms with Crippen LogP contribution in [0.4, 0.5) is 4.79 Å². The lowest BCUT2D eigenvalue weighted by Crippen LogP contribution is -2.34. The molecule has 1 aromatic carbocycles. The van der Waals surface area contributed by atoms with Crippen molar-refractivity contribution in [3.63, 3.8) is 0 Å². The fraction of sp³-hybridized carbons (Fsp3) is 0.359. The smallest absolute Gasteiger partial charge is 0.412 e. The number of aliphatic imine (C=N–C) groups is 2. The van der Waals surface area contributed by atoms with Gasteiger partial charge in [0.25, 0.3) is 0 Å². The minimum Gasteiger partial charge on any atom is -0.448 e. The van der Waals surface area contributed by atoms with Crippen LogP contribution in [0.3, 0.4) is 0 Å². The Morgan fingerprint density at radius 2 is 1.82 bits per heavy atom. The molecule has 49 heavy (non-hydrogen) atoms. The number of carbonyl (C=O) groups is 2. The van der Waals surface area contributed by atoms with Gasteiger partial charge in [0.2, 0.25) is 0 Å². The van der Waals surface area contributed by atoms with E-state index in [1.165, 1.54) is 11.1 Å². The summed E-state index contributed by atoms with van der Waals surface area (Å²) in [7, 11) is 9.03. The van der Waals surface area contributed by atoms with Crippen molar-refractivity contribution < 1.29 is 21.9 Å². The zero-order valence-corrected chi connectivity index (χ0v) is 31.0. The summed E-state index contributed by atoms with van der Waals surface area (Å²) in [6.07, 6.45) is 19.3. The molecule has 10 heteroatoms. The van der Waals surface area contributed by atoms with Gasteiger partial charge in [-0.2, -0.15) is 0 Å². The van der Waals surface area contributed by atoms with E-state index in [0.29, 0.717) is 19.0 Å². The maximum atomic E-state index is 12.0. The zero-order valence-electron chi connectivity index (χ0n) is 31.0. The lowest BCUT2D eigenvalue weighted by Gasteiger charge is -2.20. The lowest BCUT2D eigenvalue weighted by molar-refractivity contribution is -0.0980. The summed E-state index contributed by atoms with van der Waals surface area (Å²) in [6.45, 7) is 17.4. The molecule has 0 saturated heterocycles. The summed E-state index contributed by atoms with van der Waals surface area (Å²) in [6, 6.07) is 8.16. The predicted octanol–water partition coefficient (Wildman–Crippen LogP) is 6.58. The van der Waals surface area contributed by atoms with E-state index in [1.54, 1.807) is 39.6 Å². The van der Waals surface area contributed by atoms with Crippen molar-refractivity contribution in [3.05, 3.63) is 94.7 Å². The minimum atomic E-state index is -0.547. The van der Waals surface area contributed by atoms with Crippen LogP contribution in [0, 0.1) is 38.5 Å². The van der Waals surface area contributed by atoms with Crippen molar-refractivity contribution in [3.8, 4) is 24.7 Å². The summed E-state index contributed by atoms with van der Waals surface area (Å²) in [4.78, 5) is 37.0. The molecule has 10 nitrogen and oxygen atoms in total. The molecular weight excluding hydrogens is 616 g/mol. The molecule has 0 unspecified atom stereocenters. The Morgan fingerprint density at radius 1 is 1.18 bits per heavy atom. The Labute approximate surface area is 297 Å². The molecule has 0 atom stereocenters. The highest BCUT2D eigenvalue weighted by molar-refractivity contribution is 6.07. The van der Waals surface area contributed by atoms with Gasteiger partial charge in [-0.3, -0.25) is 15.3 Å². The number of methoxy groups -OCH3 is 1. The third kappa shape index (κ3) is 18.0. The number of alkyl carbamates (subject to hydrolysis) is 1. The van der Waals surface area contributed by atoms with Crippen LogP contribution < -0.4 is 5.32 Å². The summed E-state index contributed by atoms with van der Waals surface area (Å²) in [5.41, 5.74) is 6.72.